The van der Waals surface area contributed by atoms with E-state index in [-0.39, 0.29) is 16.7 Å². The number of hydrogen-bond donors (Lipinski definition) is 2. The zero-order chi connectivity index (χ0) is 20.4. The van der Waals surface area contributed by atoms with Gasteiger partial charge in [-0.05, 0) is 43.2 Å². The van der Waals surface area contributed by atoms with Crippen LogP contribution >= 0.6 is 11.6 Å². The van der Waals surface area contributed by atoms with Crippen molar-refractivity contribution in [2.75, 3.05) is 41.2 Å². The predicted octanol–water partition coefficient (Wildman–Crippen LogP) is 3.33. The number of morpholine rings is 1. The fourth-order valence-corrected chi connectivity index (χ4v) is 4.78. The van der Waals surface area contributed by atoms with Gasteiger partial charge in [0.25, 0.3) is 10.0 Å². The van der Waals surface area contributed by atoms with Gasteiger partial charge in [0.05, 0.1) is 29.6 Å². The summed E-state index contributed by atoms with van der Waals surface area (Å²) in [5.41, 5.74) is 1.32. The minimum atomic E-state index is -3.95. The summed E-state index contributed by atoms with van der Waals surface area (Å²) < 4.78 is 34.5. The van der Waals surface area contributed by atoms with Gasteiger partial charge in [0.15, 0.2) is 0 Å². The third-order valence-corrected chi connectivity index (χ3v) is 6.66. The highest BCUT2D eigenvalue weighted by molar-refractivity contribution is 7.93. The SMILES string of the molecule is O=C(Nc1ccc(N2CCOCC2)c(S(=O)(=O)Nc2ccccc2Cl)c1)C1CC1. The van der Waals surface area contributed by atoms with Crippen LogP contribution in [0.25, 0.3) is 0 Å². The molecule has 0 bridgehead atoms. The minimum Gasteiger partial charge on any atom is -0.378 e. The molecule has 7 nitrogen and oxygen atoms in total. The lowest BCUT2D eigenvalue weighted by molar-refractivity contribution is -0.117. The summed E-state index contributed by atoms with van der Waals surface area (Å²) in [6.07, 6.45) is 1.74. The minimum absolute atomic E-state index is 0.0234. The molecule has 2 N–H and O–H groups in total. The van der Waals surface area contributed by atoms with E-state index in [1.165, 1.54) is 6.07 Å². The average molecular weight is 436 g/mol. The van der Waals surface area contributed by atoms with Crippen LogP contribution in [0.4, 0.5) is 17.1 Å². The standard InChI is InChI=1S/C20H22ClN3O4S/c21-16-3-1-2-4-17(16)23-29(26,27)19-13-15(22-20(25)14-5-6-14)7-8-18(19)24-9-11-28-12-10-24/h1-4,7-8,13-14,23H,5-6,9-12H2,(H,22,25). The Morgan fingerprint density at radius 2 is 1.83 bits per heavy atom. The summed E-state index contributed by atoms with van der Waals surface area (Å²) in [4.78, 5) is 14.2. The summed E-state index contributed by atoms with van der Waals surface area (Å²) in [7, 11) is -3.95. The molecule has 0 spiro atoms. The van der Waals surface area contributed by atoms with E-state index in [0.29, 0.717) is 48.4 Å². The third-order valence-electron chi connectivity index (χ3n) is 4.93. The molecule has 154 valence electrons. The van der Waals surface area contributed by atoms with Gasteiger partial charge >= 0.3 is 0 Å². The van der Waals surface area contributed by atoms with Crippen LogP contribution in [-0.2, 0) is 19.6 Å². The number of nitrogens with one attached hydrogen (secondary N) is 2. The number of rotatable bonds is 6. The number of amides is 1. The molecule has 1 aliphatic carbocycles. The number of carbonyl (C=O) groups excluding carboxylic acids is 1. The zero-order valence-corrected chi connectivity index (χ0v) is 17.3. The van der Waals surface area contributed by atoms with Gasteiger partial charge in [0.1, 0.15) is 4.90 Å². The molecule has 0 atom stereocenters. The van der Waals surface area contributed by atoms with Crippen molar-refractivity contribution in [1.29, 1.82) is 0 Å². The van der Waals surface area contributed by atoms with Crippen LogP contribution in [0.15, 0.2) is 47.4 Å². The number of carbonyl (C=O) groups is 1. The highest BCUT2D eigenvalue weighted by Crippen LogP contribution is 2.34. The van der Waals surface area contributed by atoms with Gasteiger partial charge in [0, 0.05) is 24.7 Å². The molecular weight excluding hydrogens is 414 g/mol. The van der Waals surface area contributed by atoms with E-state index >= 15 is 0 Å². The number of nitrogens with zero attached hydrogens (tertiary/aromatic N) is 1. The van der Waals surface area contributed by atoms with E-state index in [1.54, 1.807) is 36.4 Å². The van der Waals surface area contributed by atoms with E-state index in [4.69, 9.17) is 16.3 Å². The normalized spacial score (nSPS) is 17.1. The molecule has 2 aromatic carbocycles. The first-order chi connectivity index (χ1) is 13.9. The Morgan fingerprint density at radius 1 is 1.10 bits per heavy atom. The highest BCUT2D eigenvalue weighted by atomic mass is 35.5. The van der Waals surface area contributed by atoms with Crippen LogP contribution < -0.4 is 14.9 Å². The predicted molar refractivity (Wildman–Crippen MR) is 113 cm³/mol. The van der Waals surface area contributed by atoms with Gasteiger partial charge in [-0.1, -0.05) is 23.7 Å². The maximum atomic E-state index is 13.3. The Labute approximate surface area is 175 Å². The highest BCUT2D eigenvalue weighted by Gasteiger charge is 2.30. The van der Waals surface area contributed by atoms with Crippen molar-refractivity contribution in [3.8, 4) is 0 Å². The second kappa shape index (κ2) is 8.22. The van der Waals surface area contributed by atoms with Gasteiger partial charge in [-0.2, -0.15) is 0 Å². The fraction of sp³-hybridized carbons (Fsp3) is 0.350. The summed E-state index contributed by atoms with van der Waals surface area (Å²) in [5, 5.41) is 3.13. The smallest absolute Gasteiger partial charge is 0.264 e. The number of hydrogen-bond acceptors (Lipinski definition) is 5. The maximum absolute atomic E-state index is 13.3. The van der Waals surface area contributed by atoms with E-state index < -0.39 is 10.0 Å². The van der Waals surface area contributed by atoms with Gasteiger partial charge in [-0.15, -0.1) is 0 Å². The molecule has 2 aliphatic rings. The molecule has 4 rings (SSSR count). The molecule has 0 unspecified atom stereocenters. The van der Waals surface area contributed by atoms with Crippen molar-refractivity contribution >= 4 is 44.6 Å². The topological polar surface area (TPSA) is 87.7 Å². The second-order valence-corrected chi connectivity index (χ2v) is 9.19. The quantitative estimate of drug-likeness (QED) is 0.726. The van der Waals surface area contributed by atoms with Crippen LogP contribution in [-0.4, -0.2) is 40.6 Å². The Hall–Kier alpha value is -2.29. The fourth-order valence-electron chi connectivity index (χ4n) is 3.21. The van der Waals surface area contributed by atoms with E-state index in [1.807, 2.05) is 4.90 Å². The molecule has 2 aromatic rings. The van der Waals surface area contributed by atoms with Gasteiger partial charge in [-0.25, -0.2) is 8.42 Å². The van der Waals surface area contributed by atoms with Crippen molar-refractivity contribution < 1.29 is 17.9 Å². The van der Waals surface area contributed by atoms with Crippen molar-refractivity contribution in [1.82, 2.24) is 0 Å². The van der Waals surface area contributed by atoms with Crippen molar-refractivity contribution in [2.24, 2.45) is 5.92 Å². The molecule has 1 saturated heterocycles. The molecule has 9 heteroatoms. The number of ether oxygens (including phenoxy) is 1. The molecule has 1 aliphatic heterocycles. The van der Waals surface area contributed by atoms with Gasteiger partial charge in [0.2, 0.25) is 5.91 Å². The average Bonchev–Trinajstić information content (AvgIpc) is 3.56. The monoisotopic (exact) mass is 435 g/mol. The molecule has 1 amide bonds. The lowest BCUT2D eigenvalue weighted by atomic mass is 10.2. The Morgan fingerprint density at radius 3 is 2.52 bits per heavy atom. The van der Waals surface area contributed by atoms with E-state index in [2.05, 4.69) is 10.0 Å². The molecule has 2 fully saturated rings. The second-order valence-electron chi connectivity index (χ2n) is 7.13. The van der Waals surface area contributed by atoms with Crippen LogP contribution in [0.3, 0.4) is 0 Å². The van der Waals surface area contributed by atoms with Crippen LogP contribution in [0.2, 0.25) is 5.02 Å². The summed E-state index contributed by atoms with van der Waals surface area (Å²) in [6, 6.07) is 11.6. The van der Waals surface area contributed by atoms with Crippen molar-refractivity contribution in [3.05, 3.63) is 47.5 Å². The lowest BCUT2D eigenvalue weighted by Gasteiger charge is -2.30. The molecule has 29 heavy (non-hydrogen) atoms. The van der Waals surface area contributed by atoms with Gasteiger partial charge < -0.3 is 15.0 Å². The number of halogens is 1. The maximum Gasteiger partial charge on any atom is 0.264 e. The zero-order valence-electron chi connectivity index (χ0n) is 15.7. The molecule has 0 aromatic heterocycles. The first-order valence-electron chi connectivity index (χ1n) is 9.49. The summed E-state index contributed by atoms with van der Waals surface area (Å²) >= 11 is 6.14. The van der Waals surface area contributed by atoms with Crippen LogP contribution in [0.1, 0.15) is 12.8 Å². The first-order valence-corrected chi connectivity index (χ1v) is 11.3. The van der Waals surface area contributed by atoms with Crippen LogP contribution in [0, 0.1) is 5.92 Å². The number of para-hydroxylation sites is 1. The Balaban J connectivity index is 1.70. The lowest BCUT2D eigenvalue weighted by Crippen LogP contribution is -2.37. The summed E-state index contributed by atoms with van der Waals surface area (Å²) in [6.45, 7) is 2.22. The molecule has 1 saturated carbocycles. The van der Waals surface area contributed by atoms with Crippen LogP contribution in [0.5, 0.6) is 0 Å². The largest absolute Gasteiger partial charge is 0.378 e. The molecular formula is C20H22ClN3O4S. The molecule has 0 radical (unpaired) electrons. The summed E-state index contributed by atoms with van der Waals surface area (Å²) in [5.74, 6) is -0.0539. The van der Waals surface area contributed by atoms with Gasteiger partial charge in [-0.3, -0.25) is 9.52 Å². The van der Waals surface area contributed by atoms with Crippen molar-refractivity contribution in [2.45, 2.75) is 17.7 Å². The van der Waals surface area contributed by atoms with E-state index in [0.717, 1.165) is 12.8 Å². The number of sulfonamides is 1. The number of benzene rings is 2. The Bertz CT molecular complexity index is 1020. The Kier molecular flexibility index (Phi) is 5.67. The first kappa shape index (κ1) is 20.0. The molecule has 1 heterocycles. The van der Waals surface area contributed by atoms with E-state index in [9.17, 15) is 13.2 Å². The van der Waals surface area contributed by atoms with Crippen molar-refractivity contribution in [3.63, 3.8) is 0 Å². The third kappa shape index (κ3) is 4.66. The number of anilines is 3.